The highest BCUT2D eigenvalue weighted by molar-refractivity contribution is 9.10. The van der Waals surface area contributed by atoms with Gasteiger partial charge in [0.15, 0.2) is 6.61 Å². The molecule has 1 atom stereocenters. The number of hydrogen-bond donors (Lipinski definition) is 1. The molecule has 184 valence electrons. The van der Waals surface area contributed by atoms with Gasteiger partial charge in [-0.1, -0.05) is 71.2 Å². The molecule has 0 spiro atoms. The molecule has 0 bridgehead atoms. The molecular formula is C26H24BrCl3N2O3. The highest BCUT2D eigenvalue weighted by atomic mass is 79.9. The van der Waals surface area contributed by atoms with Crippen LogP contribution >= 0.6 is 50.7 Å². The summed E-state index contributed by atoms with van der Waals surface area (Å²) in [4.78, 5) is 28.2. The Bertz CT molecular complexity index is 1180. The maximum Gasteiger partial charge on any atom is 0.261 e. The number of nitrogens with zero attached hydrogens (tertiary/aromatic N) is 1. The summed E-state index contributed by atoms with van der Waals surface area (Å²) in [5, 5.41) is 4.28. The van der Waals surface area contributed by atoms with Gasteiger partial charge in [0.05, 0.1) is 4.47 Å². The van der Waals surface area contributed by atoms with Crippen LogP contribution in [0.2, 0.25) is 15.1 Å². The second-order valence-electron chi connectivity index (χ2n) is 7.72. The van der Waals surface area contributed by atoms with Gasteiger partial charge >= 0.3 is 0 Å². The zero-order valence-corrected chi connectivity index (χ0v) is 22.8. The number of carbonyl (C=O) groups is 2. The molecule has 0 fully saturated rings. The van der Waals surface area contributed by atoms with Gasteiger partial charge in [-0.05, 0) is 64.3 Å². The van der Waals surface area contributed by atoms with E-state index in [1.165, 1.54) is 4.90 Å². The minimum atomic E-state index is -0.783. The van der Waals surface area contributed by atoms with E-state index in [0.717, 1.165) is 5.56 Å². The lowest BCUT2D eigenvalue weighted by molar-refractivity contribution is -0.142. The van der Waals surface area contributed by atoms with Crippen LogP contribution in [-0.2, 0) is 22.6 Å². The summed E-state index contributed by atoms with van der Waals surface area (Å²) in [5.41, 5.74) is 1.59. The van der Waals surface area contributed by atoms with Gasteiger partial charge in [-0.2, -0.15) is 0 Å². The maximum absolute atomic E-state index is 13.5. The van der Waals surface area contributed by atoms with Crippen molar-refractivity contribution < 1.29 is 14.3 Å². The van der Waals surface area contributed by atoms with Gasteiger partial charge in [-0.3, -0.25) is 9.59 Å². The van der Waals surface area contributed by atoms with Gasteiger partial charge in [-0.15, -0.1) is 0 Å². The van der Waals surface area contributed by atoms with Crippen LogP contribution in [0.25, 0.3) is 0 Å². The molecule has 0 heterocycles. The molecule has 0 radical (unpaired) electrons. The van der Waals surface area contributed by atoms with Crippen molar-refractivity contribution in [1.29, 1.82) is 0 Å². The standard InChI is InChI=1S/C26H24BrCl3N2O3/c1-2-31-26(34)23(12-17-6-4-3-5-7-17)32(15-18-8-9-20(29)14-22(18)30)25(33)16-35-24-11-10-19(28)13-21(24)27/h3-11,13-14,23H,2,12,15-16H2,1H3,(H,31,34). The van der Waals surface area contributed by atoms with Crippen molar-refractivity contribution in [1.82, 2.24) is 10.2 Å². The highest BCUT2D eigenvalue weighted by Gasteiger charge is 2.31. The van der Waals surface area contributed by atoms with E-state index in [2.05, 4.69) is 21.2 Å². The molecule has 0 aromatic heterocycles. The Balaban J connectivity index is 1.93. The molecule has 35 heavy (non-hydrogen) atoms. The fourth-order valence-electron chi connectivity index (χ4n) is 3.49. The van der Waals surface area contributed by atoms with Crippen molar-refractivity contribution in [2.75, 3.05) is 13.2 Å². The quantitative estimate of drug-likeness (QED) is 0.288. The van der Waals surface area contributed by atoms with E-state index in [1.54, 1.807) is 36.4 Å². The van der Waals surface area contributed by atoms with Gasteiger partial charge in [0, 0.05) is 34.6 Å². The zero-order chi connectivity index (χ0) is 25.4. The molecule has 1 unspecified atom stereocenters. The minimum Gasteiger partial charge on any atom is -0.483 e. The van der Waals surface area contributed by atoms with Crippen molar-refractivity contribution >= 4 is 62.5 Å². The lowest BCUT2D eigenvalue weighted by atomic mass is 10.0. The van der Waals surface area contributed by atoms with Crippen LogP contribution < -0.4 is 10.1 Å². The van der Waals surface area contributed by atoms with Crippen LogP contribution in [0.1, 0.15) is 18.1 Å². The number of rotatable bonds is 10. The van der Waals surface area contributed by atoms with Crippen molar-refractivity contribution in [3.8, 4) is 5.75 Å². The fourth-order valence-corrected chi connectivity index (χ4v) is 4.76. The largest absolute Gasteiger partial charge is 0.483 e. The summed E-state index contributed by atoms with van der Waals surface area (Å²) < 4.78 is 6.40. The molecule has 0 aliphatic heterocycles. The van der Waals surface area contributed by atoms with Crippen LogP contribution in [0.3, 0.4) is 0 Å². The normalized spacial score (nSPS) is 11.6. The van der Waals surface area contributed by atoms with E-state index in [1.807, 2.05) is 37.3 Å². The monoisotopic (exact) mass is 596 g/mol. The number of amides is 2. The Morgan fingerprint density at radius 3 is 2.34 bits per heavy atom. The Morgan fingerprint density at radius 1 is 1.00 bits per heavy atom. The molecule has 2 amide bonds. The molecule has 9 heteroatoms. The number of ether oxygens (including phenoxy) is 1. The first-order valence-corrected chi connectivity index (χ1v) is 12.8. The third kappa shape index (κ3) is 7.87. The van der Waals surface area contributed by atoms with Crippen molar-refractivity contribution in [3.05, 3.63) is 97.4 Å². The predicted octanol–water partition coefficient (Wildman–Crippen LogP) is 6.56. The first-order chi connectivity index (χ1) is 16.8. The molecule has 0 aliphatic carbocycles. The molecule has 3 aromatic rings. The number of nitrogens with one attached hydrogen (secondary N) is 1. The fraction of sp³-hybridized carbons (Fsp3) is 0.231. The first kappa shape index (κ1) is 27.3. The first-order valence-electron chi connectivity index (χ1n) is 10.9. The van der Waals surface area contributed by atoms with Crippen LogP contribution in [-0.4, -0.2) is 35.9 Å². The molecule has 3 aromatic carbocycles. The van der Waals surface area contributed by atoms with E-state index < -0.39 is 6.04 Å². The van der Waals surface area contributed by atoms with Crippen molar-refractivity contribution in [2.45, 2.75) is 25.9 Å². The smallest absolute Gasteiger partial charge is 0.261 e. The summed E-state index contributed by atoms with van der Waals surface area (Å²) >= 11 is 21.9. The average molecular weight is 599 g/mol. The van der Waals surface area contributed by atoms with Gasteiger partial charge < -0.3 is 15.0 Å². The van der Waals surface area contributed by atoms with E-state index in [4.69, 9.17) is 39.5 Å². The van der Waals surface area contributed by atoms with E-state index in [-0.39, 0.29) is 25.0 Å². The van der Waals surface area contributed by atoms with Gasteiger partial charge in [0.25, 0.3) is 5.91 Å². The Labute approximate surface area is 228 Å². The maximum atomic E-state index is 13.5. The second kappa shape index (κ2) is 13.2. The van der Waals surface area contributed by atoms with Crippen LogP contribution in [0, 0.1) is 0 Å². The van der Waals surface area contributed by atoms with E-state index in [0.29, 0.717) is 43.8 Å². The number of benzene rings is 3. The van der Waals surface area contributed by atoms with E-state index >= 15 is 0 Å². The Morgan fingerprint density at radius 2 is 1.69 bits per heavy atom. The van der Waals surface area contributed by atoms with Crippen molar-refractivity contribution in [2.24, 2.45) is 0 Å². The molecular weight excluding hydrogens is 575 g/mol. The molecule has 1 N–H and O–H groups in total. The van der Waals surface area contributed by atoms with E-state index in [9.17, 15) is 9.59 Å². The van der Waals surface area contributed by atoms with Gasteiger partial charge in [0.2, 0.25) is 5.91 Å². The second-order valence-corrected chi connectivity index (χ2v) is 9.86. The topological polar surface area (TPSA) is 58.6 Å². The molecule has 3 rings (SSSR count). The summed E-state index contributed by atoms with van der Waals surface area (Å²) in [7, 11) is 0. The summed E-state index contributed by atoms with van der Waals surface area (Å²) in [6.07, 6.45) is 0.328. The molecule has 5 nitrogen and oxygen atoms in total. The number of halogens is 4. The summed E-state index contributed by atoms with van der Waals surface area (Å²) in [6, 6.07) is 18.8. The summed E-state index contributed by atoms with van der Waals surface area (Å²) in [5.74, 6) is -0.169. The summed E-state index contributed by atoms with van der Waals surface area (Å²) in [6.45, 7) is 2.09. The van der Waals surface area contributed by atoms with Crippen LogP contribution in [0.5, 0.6) is 5.75 Å². The number of hydrogen-bond acceptors (Lipinski definition) is 3. The molecule has 0 aliphatic rings. The predicted molar refractivity (Wildman–Crippen MR) is 144 cm³/mol. The third-order valence-electron chi connectivity index (χ3n) is 5.22. The lowest BCUT2D eigenvalue weighted by Crippen LogP contribution is -2.51. The van der Waals surface area contributed by atoms with Gasteiger partial charge in [0.1, 0.15) is 11.8 Å². The zero-order valence-electron chi connectivity index (χ0n) is 18.9. The SMILES string of the molecule is CCNC(=O)C(Cc1ccccc1)N(Cc1ccc(Cl)cc1Cl)C(=O)COc1ccc(Cl)cc1Br. The minimum absolute atomic E-state index is 0.106. The Hall–Kier alpha value is -2.25. The Kier molecular flexibility index (Phi) is 10.3. The van der Waals surface area contributed by atoms with Crippen molar-refractivity contribution in [3.63, 3.8) is 0 Å². The molecule has 0 saturated heterocycles. The molecule has 0 saturated carbocycles. The average Bonchev–Trinajstić information content (AvgIpc) is 2.82. The van der Waals surface area contributed by atoms with Crippen LogP contribution in [0.4, 0.5) is 0 Å². The third-order valence-corrected chi connectivity index (χ3v) is 6.66. The highest BCUT2D eigenvalue weighted by Crippen LogP contribution is 2.28. The van der Waals surface area contributed by atoms with Crippen LogP contribution in [0.15, 0.2) is 71.2 Å². The van der Waals surface area contributed by atoms with Gasteiger partial charge in [-0.25, -0.2) is 0 Å². The lowest BCUT2D eigenvalue weighted by Gasteiger charge is -2.31. The number of carbonyl (C=O) groups excluding carboxylic acids is 2. The number of likely N-dealkylation sites (N-methyl/N-ethyl adjacent to an activating group) is 1.